The van der Waals surface area contributed by atoms with Crippen molar-refractivity contribution in [2.45, 2.75) is 25.8 Å². The third-order valence-corrected chi connectivity index (χ3v) is 3.51. The van der Waals surface area contributed by atoms with Crippen molar-refractivity contribution in [3.8, 4) is 0 Å². The zero-order chi connectivity index (χ0) is 14.9. The van der Waals surface area contributed by atoms with E-state index in [4.69, 9.17) is 11.5 Å². The molecule has 2 rings (SSSR count). The molecule has 108 valence electrons. The van der Waals surface area contributed by atoms with Gasteiger partial charge in [0.15, 0.2) is 0 Å². The average molecular weight is 278 g/mol. The van der Waals surface area contributed by atoms with E-state index in [1.54, 1.807) is 13.0 Å². The second-order valence-corrected chi connectivity index (χ2v) is 5.16. The zero-order valence-electron chi connectivity index (χ0n) is 11.3. The van der Waals surface area contributed by atoms with Crippen LogP contribution in [0, 0.1) is 23.0 Å². The lowest BCUT2D eigenvalue weighted by Crippen LogP contribution is -2.42. The lowest BCUT2D eigenvalue weighted by atomic mass is 10.1. The van der Waals surface area contributed by atoms with Crippen molar-refractivity contribution in [2.24, 2.45) is 11.7 Å². The Hall–Kier alpha value is -2.15. The zero-order valence-corrected chi connectivity index (χ0v) is 11.3. The summed E-state index contributed by atoms with van der Waals surface area (Å²) in [7, 11) is 0. The van der Waals surface area contributed by atoms with Gasteiger partial charge < -0.3 is 16.8 Å². The Balaban J connectivity index is 2.27. The van der Waals surface area contributed by atoms with Crippen molar-refractivity contribution in [3.63, 3.8) is 0 Å². The van der Waals surface area contributed by atoms with Gasteiger partial charge in [-0.3, -0.25) is 14.9 Å². The summed E-state index contributed by atoms with van der Waals surface area (Å²) in [5, 5.41) is 13.7. The largest absolute Gasteiger partial charge is 0.393 e. The summed E-state index contributed by atoms with van der Waals surface area (Å²) in [6, 6.07) is 2.81. The van der Waals surface area contributed by atoms with Crippen LogP contribution in [0.1, 0.15) is 28.8 Å². The number of carbonyl (C=O) groups is 1. The fourth-order valence-corrected chi connectivity index (χ4v) is 2.23. The van der Waals surface area contributed by atoms with Crippen molar-refractivity contribution in [3.05, 3.63) is 33.4 Å². The van der Waals surface area contributed by atoms with E-state index in [2.05, 4.69) is 5.32 Å². The Morgan fingerprint density at radius 3 is 2.70 bits per heavy atom. The lowest BCUT2D eigenvalue weighted by Gasteiger charge is -2.17. The predicted molar refractivity (Wildman–Crippen MR) is 75.3 cm³/mol. The van der Waals surface area contributed by atoms with Gasteiger partial charge in [0, 0.05) is 18.7 Å². The van der Waals surface area contributed by atoms with Crippen LogP contribution >= 0.6 is 0 Å². The molecule has 1 aliphatic carbocycles. The highest BCUT2D eigenvalue weighted by molar-refractivity contribution is 6.01. The summed E-state index contributed by atoms with van der Waals surface area (Å²) >= 11 is 0. The molecule has 5 N–H and O–H groups in total. The van der Waals surface area contributed by atoms with Crippen molar-refractivity contribution in [2.75, 3.05) is 12.3 Å². The quantitative estimate of drug-likeness (QED) is 0.420. The van der Waals surface area contributed by atoms with Crippen molar-refractivity contribution >= 4 is 17.3 Å². The molecule has 20 heavy (non-hydrogen) atoms. The predicted octanol–water partition coefficient (Wildman–Crippen LogP) is 0.953. The first kappa shape index (κ1) is 14.3. The van der Waals surface area contributed by atoms with Gasteiger partial charge >= 0.3 is 0 Å². The summed E-state index contributed by atoms with van der Waals surface area (Å²) in [5.74, 6) is 0.00150. The molecule has 0 spiro atoms. The molecule has 1 unspecified atom stereocenters. The number of benzene rings is 1. The topological polar surface area (TPSA) is 124 Å². The minimum atomic E-state index is -0.583. The molecule has 0 aliphatic heterocycles. The maximum Gasteiger partial charge on any atom is 0.293 e. The fraction of sp³-hybridized carbons (Fsp3) is 0.462. The van der Waals surface area contributed by atoms with Crippen molar-refractivity contribution in [1.82, 2.24) is 5.32 Å². The SMILES string of the molecule is Cc1cc(C(=O)NC(CN)C2CC2)c(N)c([N+](=O)[O-])c1. The van der Waals surface area contributed by atoms with Crippen LogP contribution in [-0.4, -0.2) is 23.4 Å². The smallest absolute Gasteiger partial charge is 0.293 e. The lowest BCUT2D eigenvalue weighted by molar-refractivity contribution is -0.384. The molecule has 0 saturated heterocycles. The van der Waals surface area contributed by atoms with E-state index >= 15 is 0 Å². The summed E-state index contributed by atoms with van der Waals surface area (Å²) in [6.07, 6.45) is 2.09. The number of amides is 1. The Morgan fingerprint density at radius 2 is 2.20 bits per heavy atom. The minimum absolute atomic E-state index is 0.0959. The van der Waals surface area contributed by atoms with Gasteiger partial charge in [0.1, 0.15) is 5.69 Å². The number of nitrogens with one attached hydrogen (secondary N) is 1. The molecule has 1 aromatic rings. The molecule has 1 saturated carbocycles. The summed E-state index contributed by atoms with van der Waals surface area (Å²) in [4.78, 5) is 22.6. The standard InChI is InChI=1S/C13H18N4O3/c1-7-4-9(12(15)11(5-7)17(19)20)13(18)16-10(6-14)8-2-3-8/h4-5,8,10H,2-3,6,14-15H2,1H3,(H,16,18). The van der Waals surface area contributed by atoms with Crippen LogP contribution in [0.15, 0.2) is 12.1 Å². The third-order valence-electron chi connectivity index (χ3n) is 3.51. The Labute approximate surface area is 116 Å². The molecule has 7 nitrogen and oxygen atoms in total. The summed E-state index contributed by atoms with van der Waals surface area (Å²) < 4.78 is 0. The number of nitro benzene ring substituents is 1. The molecule has 7 heteroatoms. The molecule has 1 amide bonds. The number of hydrogen-bond donors (Lipinski definition) is 3. The molecule has 1 atom stereocenters. The van der Waals surface area contributed by atoms with Gasteiger partial charge in [-0.15, -0.1) is 0 Å². The molecule has 1 aromatic carbocycles. The number of nitro groups is 1. The highest BCUT2D eigenvalue weighted by Gasteiger charge is 2.32. The Morgan fingerprint density at radius 1 is 1.55 bits per heavy atom. The van der Waals surface area contributed by atoms with E-state index in [9.17, 15) is 14.9 Å². The number of nitrogens with zero attached hydrogens (tertiary/aromatic N) is 1. The molecule has 0 aromatic heterocycles. The van der Waals surface area contributed by atoms with Crippen LogP contribution < -0.4 is 16.8 Å². The number of anilines is 1. The van der Waals surface area contributed by atoms with E-state index in [1.807, 2.05) is 0 Å². The van der Waals surface area contributed by atoms with E-state index < -0.39 is 10.8 Å². The first-order valence-electron chi connectivity index (χ1n) is 6.49. The number of rotatable bonds is 5. The van der Waals surface area contributed by atoms with Crippen LogP contribution in [0.5, 0.6) is 0 Å². The maximum absolute atomic E-state index is 12.2. The number of nitrogen functional groups attached to an aromatic ring is 1. The van der Waals surface area contributed by atoms with Gasteiger partial charge in [-0.05, 0) is 37.3 Å². The van der Waals surface area contributed by atoms with Crippen LogP contribution in [0.3, 0.4) is 0 Å². The number of aryl methyl sites for hydroxylation is 1. The summed E-state index contributed by atoms with van der Waals surface area (Å²) in [5.41, 5.74) is 11.8. The summed E-state index contributed by atoms with van der Waals surface area (Å²) in [6.45, 7) is 2.04. The molecule has 0 radical (unpaired) electrons. The van der Waals surface area contributed by atoms with E-state index in [0.29, 0.717) is 18.0 Å². The van der Waals surface area contributed by atoms with Crippen molar-refractivity contribution < 1.29 is 9.72 Å². The van der Waals surface area contributed by atoms with Crippen LogP contribution in [0.25, 0.3) is 0 Å². The van der Waals surface area contributed by atoms with E-state index in [-0.39, 0.29) is 23.0 Å². The van der Waals surface area contributed by atoms with Crippen LogP contribution in [0.4, 0.5) is 11.4 Å². The Bertz CT molecular complexity index is 555. The van der Waals surface area contributed by atoms with Gasteiger partial charge in [-0.1, -0.05) is 0 Å². The van der Waals surface area contributed by atoms with E-state index in [1.165, 1.54) is 6.07 Å². The third kappa shape index (κ3) is 2.88. The molecule has 0 bridgehead atoms. The molecule has 1 aliphatic rings. The van der Waals surface area contributed by atoms with Gasteiger partial charge in [-0.25, -0.2) is 0 Å². The highest BCUT2D eigenvalue weighted by atomic mass is 16.6. The fourth-order valence-electron chi connectivity index (χ4n) is 2.23. The Kier molecular flexibility index (Phi) is 3.89. The maximum atomic E-state index is 12.2. The molecular weight excluding hydrogens is 260 g/mol. The molecular formula is C13H18N4O3. The molecule has 1 fully saturated rings. The van der Waals surface area contributed by atoms with Crippen LogP contribution in [-0.2, 0) is 0 Å². The number of hydrogen-bond acceptors (Lipinski definition) is 5. The minimum Gasteiger partial charge on any atom is -0.393 e. The molecule has 0 heterocycles. The second kappa shape index (κ2) is 5.46. The first-order chi connectivity index (χ1) is 9.43. The monoisotopic (exact) mass is 278 g/mol. The second-order valence-electron chi connectivity index (χ2n) is 5.16. The number of carbonyl (C=O) groups excluding carboxylic acids is 1. The van der Waals surface area contributed by atoms with Gasteiger partial charge in [0.25, 0.3) is 11.6 Å². The average Bonchev–Trinajstić information content (AvgIpc) is 3.22. The number of nitrogens with two attached hydrogens (primary N) is 2. The van der Waals surface area contributed by atoms with E-state index in [0.717, 1.165) is 12.8 Å². The van der Waals surface area contributed by atoms with Gasteiger partial charge in [0.05, 0.1) is 10.5 Å². The van der Waals surface area contributed by atoms with Gasteiger partial charge in [-0.2, -0.15) is 0 Å². The highest BCUT2D eigenvalue weighted by Crippen LogP contribution is 2.33. The first-order valence-corrected chi connectivity index (χ1v) is 6.49. The van der Waals surface area contributed by atoms with Crippen molar-refractivity contribution in [1.29, 1.82) is 0 Å². The normalized spacial score (nSPS) is 15.7. The van der Waals surface area contributed by atoms with Gasteiger partial charge in [0.2, 0.25) is 0 Å². The van der Waals surface area contributed by atoms with Crippen LogP contribution in [0.2, 0.25) is 0 Å².